The van der Waals surface area contributed by atoms with Crippen LogP contribution in [0.15, 0.2) is 11.6 Å². The van der Waals surface area contributed by atoms with Gasteiger partial charge in [-0.15, -0.1) is 0 Å². The number of hydrogen-bond donors (Lipinski definition) is 5. The van der Waals surface area contributed by atoms with Crippen LogP contribution in [0.1, 0.15) is 92.9 Å². The summed E-state index contributed by atoms with van der Waals surface area (Å²) >= 11 is 0. The molecular weight excluding hydrogens is 456 g/mol. The molecule has 4 unspecified atom stereocenters. The van der Waals surface area contributed by atoms with E-state index in [1.54, 1.807) is 0 Å². The minimum atomic E-state index is -0.944. The molecule has 6 heteroatoms. The molecule has 4 saturated carbocycles. The molecule has 5 aliphatic carbocycles. The zero-order chi connectivity index (χ0) is 26.7. The molecule has 204 valence electrons. The van der Waals surface area contributed by atoms with Crippen LogP contribution >= 0.6 is 0 Å². The van der Waals surface area contributed by atoms with Crippen LogP contribution in [-0.2, 0) is 4.79 Å². The third-order valence-electron chi connectivity index (χ3n) is 13.4. The number of aliphatic hydroxyl groups excluding tert-OH is 4. The smallest absolute Gasteiger partial charge is 0.310 e. The number of rotatable bonds is 2. The van der Waals surface area contributed by atoms with E-state index in [1.807, 2.05) is 6.92 Å². The Morgan fingerprint density at radius 3 is 2.17 bits per heavy atom. The van der Waals surface area contributed by atoms with E-state index in [0.717, 1.165) is 31.3 Å². The molecule has 11 atom stereocenters. The minimum absolute atomic E-state index is 0.0888. The van der Waals surface area contributed by atoms with Crippen LogP contribution in [0.5, 0.6) is 0 Å². The van der Waals surface area contributed by atoms with Gasteiger partial charge in [-0.05, 0) is 84.9 Å². The second-order valence-corrected chi connectivity index (χ2v) is 15.0. The number of carbonyl (C=O) groups is 1. The lowest BCUT2D eigenvalue weighted by Crippen LogP contribution is -2.69. The second kappa shape index (κ2) is 7.80. The zero-order valence-electron chi connectivity index (χ0n) is 23.0. The standard InChI is InChI=1S/C30H48O6/c1-25(2)11-13-30(24(35)36)14-12-28(5)17(21(30)23(25)34)7-8-20-26(3)15-18(32)22(33)27(4,16-31)19(26)9-10-29(20,28)6/h7,18-23,31-34H,8-16H2,1-6H3,(H,35,36)/t18-,19?,20?,21?,22-,23?,26+,27-,28-,29-,30+/m1/s1. The molecule has 0 bridgehead atoms. The zero-order valence-corrected chi connectivity index (χ0v) is 23.0. The van der Waals surface area contributed by atoms with Gasteiger partial charge in [-0.3, -0.25) is 4.79 Å². The van der Waals surface area contributed by atoms with E-state index < -0.39 is 35.1 Å². The molecule has 0 saturated heterocycles. The Hall–Kier alpha value is -0.950. The van der Waals surface area contributed by atoms with Crippen LogP contribution in [0, 0.1) is 50.2 Å². The van der Waals surface area contributed by atoms with Gasteiger partial charge in [0, 0.05) is 11.3 Å². The van der Waals surface area contributed by atoms with E-state index in [2.05, 4.69) is 40.7 Å². The van der Waals surface area contributed by atoms with Crippen molar-refractivity contribution < 1.29 is 30.3 Å². The summed E-state index contributed by atoms with van der Waals surface area (Å²) in [4.78, 5) is 12.8. The van der Waals surface area contributed by atoms with Crippen molar-refractivity contribution in [1.82, 2.24) is 0 Å². The van der Waals surface area contributed by atoms with E-state index in [9.17, 15) is 30.3 Å². The van der Waals surface area contributed by atoms with Crippen LogP contribution in [-0.4, -0.2) is 56.4 Å². The normalized spacial score (nSPS) is 55.9. The fraction of sp³-hybridized carbons (Fsp3) is 0.900. The van der Waals surface area contributed by atoms with E-state index in [1.165, 1.54) is 0 Å². The number of allylic oxidation sites excluding steroid dienone is 1. The second-order valence-electron chi connectivity index (χ2n) is 15.0. The summed E-state index contributed by atoms with van der Waals surface area (Å²) in [7, 11) is 0. The number of hydrogen-bond acceptors (Lipinski definition) is 5. The topological polar surface area (TPSA) is 118 Å². The molecule has 0 aromatic carbocycles. The molecule has 0 aromatic heterocycles. The maximum Gasteiger partial charge on any atom is 0.310 e. The molecule has 36 heavy (non-hydrogen) atoms. The molecule has 0 radical (unpaired) electrons. The Bertz CT molecular complexity index is 974. The maximum absolute atomic E-state index is 12.8. The number of carboxylic acid groups (broad SMARTS) is 1. The van der Waals surface area contributed by atoms with Gasteiger partial charge in [0.05, 0.1) is 30.3 Å². The third kappa shape index (κ3) is 2.96. The Morgan fingerprint density at radius 1 is 0.917 bits per heavy atom. The lowest BCUT2D eigenvalue weighted by atomic mass is 9.33. The Kier molecular flexibility index (Phi) is 5.77. The number of fused-ring (bicyclic) bond motifs is 7. The van der Waals surface area contributed by atoms with Crippen LogP contribution < -0.4 is 0 Å². The monoisotopic (exact) mass is 504 g/mol. The summed E-state index contributed by atoms with van der Waals surface area (Å²) in [5.41, 5.74) is -1.50. The van der Waals surface area contributed by atoms with E-state index >= 15 is 0 Å². The molecule has 6 nitrogen and oxygen atoms in total. The molecule has 0 aromatic rings. The van der Waals surface area contributed by atoms with Crippen molar-refractivity contribution >= 4 is 5.97 Å². The summed E-state index contributed by atoms with van der Waals surface area (Å²) in [6.07, 6.45) is 5.48. The first-order chi connectivity index (χ1) is 16.5. The van der Waals surface area contributed by atoms with Crippen LogP contribution in [0.2, 0.25) is 0 Å². The van der Waals surface area contributed by atoms with Gasteiger partial charge in [-0.2, -0.15) is 0 Å². The maximum atomic E-state index is 12.8. The van der Waals surface area contributed by atoms with Crippen molar-refractivity contribution in [2.24, 2.45) is 50.2 Å². The van der Waals surface area contributed by atoms with Crippen LogP contribution in [0.4, 0.5) is 0 Å². The SMILES string of the molecule is CC1(C)CC[C@]2(C(=O)O)CC[C@]3(C)C(=CCC4[C@@]5(C)C[C@@H](O)[C@@H](O)[C@](C)(CO)C5CC[C@]43C)C2C1O. The van der Waals surface area contributed by atoms with Gasteiger partial charge in [0.15, 0.2) is 0 Å². The molecular formula is C30H48O6. The largest absolute Gasteiger partial charge is 0.481 e. The van der Waals surface area contributed by atoms with Gasteiger partial charge < -0.3 is 25.5 Å². The van der Waals surface area contributed by atoms with E-state index in [4.69, 9.17) is 0 Å². The molecule has 5 rings (SSSR count). The predicted molar refractivity (Wildman–Crippen MR) is 137 cm³/mol. The summed E-state index contributed by atoms with van der Waals surface area (Å²) in [6.45, 7) is 12.9. The summed E-state index contributed by atoms with van der Waals surface area (Å²) < 4.78 is 0. The lowest BCUT2D eigenvalue weighted by molar-refractivity contribution is -0.245. The average Bonchev–Trinajstić information content (AvgIpc) is 2.80. The van der Waals surface area contributed by atoms with Gasteiger partial charge in [-0.1, -0.05) is 53.2 Å². The highest BCUT2D eigenvalue weighted by Gasteiger charge is 2.71. The number of aliphatic carboxylic acids is 1. The number of aliphatic hydroxyl groups is 4. The molecule has 4 fully saturated rings. The van der Waals surface area contributed by atoms with Crippen LogP contribution in [0.3, 0.4) is 0 Å². The van der Waals surface area contributed by atoms with Gasteiger partial charge >= 0.3 is 5.97 Å². The molecule has 5 N–H and O–H groups in total. The van der Waals surface area contributed by atoms with Crippen molar-refractivity contribution in [2.45, 2.75) is 111 Å². The summed E-state index contributed by atoms with van der Waals surface area (Å²) in [5, 5.41) is 54.5. The molecule has 0 aliphatic heterocycles. The van der Waals surface area contributed by atoms with E-state index in [0.29, 0.717) is 25.7 Å². The Labute approximate surface area is 216 Å². The Morgan fingerprint density at radius 2 is 1.56 bits per heavy atom. The Balaban J connectivity index is 1.63. The van der Waals surface area contributed by atoms with Gasteiger partial charge in [0.2, 0.25) is 0 Å². The predicted octanol–water partition coefficient (Wildman–Crippen LogP) is 4.15. The lowest BCUT2D eigenvalue weighted by Gasteiger charge is -2.71. The number of carboxylic acids is 1. The first kappa shape index (κ1) is 26.6. The highest BCUT2D eigenvalue weighted by atomic mass is 16.4. The third-order valence-corrected chi connectivity index (χ3v) is 13.4. The van der Waals surface area contributed by atoms with E-state index in [-0.39, 0.29) is 46.0 Å². The van der Waals surface area contributed by atoms with Crippen LogP contribution in [0.25, 0.3) is 0 Å². The van der Waals surface area contributed by atoms with Crippen molar-refractivity contribution in [3.63, 3.8) is 0 Å². The molecule has 0 heterocycles. The first-order valence-corrected chi connectivity index (χ1v) is 14.1. The van der Waals surface area contributed by atoms with Crippen molar-refractivity contribution in [2.75, 3.05) is 6.61 Å². The highest BCUT2D eigenvalue weighted by molar-refractivity contribution is 5.77. The van der Waals surface area contributed by atoms with Crippen molar-refractivity contribution in [3.8, 4) is 0 Å². The fourth-order valence-electron chi connectivity index (χ4n) is 10.8. The molecule has 0 spiro atoms. The first-order valence-electron chi connectivity index (χ1n) is 14.1. The highest BCUT2D eigenvalue weighted by Crippen LogP contribution is 2.75. The van der Waals surface area contributed by atoms with Crippen molar-refractivity contribution in [3.05, 3.63) is 11.6 Å². The molecule has 5 aliphatic rings. The summed E-state index contributed by atoms with van der Waals surface area (Å²) in [5.74, 6) is -0.833. The fourth-order valence-corrected chi connectivity index (χ4v) is 10.8. The van der Waals surface area contributed by atoms with Crippen molar-refractivity contribution in [1.29, 1.82) is 0 Å². The van der Waals surface area contributed by atoms with Gasteiger partial charge in [-0.25, -0.2) is 0 Å². The minimum Gasteiger partial charge on any atom is -0.481 e. The van der Waals surface area contributed by atoms with Gasteiger partial charge in [0.1, 0.15) is 0 Å². The quantitative estimate of drug-likeness (QED) is 0.361. The molecule has 0 amide bonds. The average molecular weight is 505 g/mol. The van der Waals surface area contributed by atoms with Gasteiger partial charge in [0.25, 0.3) is 0 Å². The summed E-state index contributed by atoms with van der Waals surface area (Å²) in [6, 6.07) is 0.